The normalized spacial score (nSPS) is 24.7. The van der Waals surface area contributed by atoms with Crippen LogP contribution in [0.25, 0.3) is 0 Å². The van der Waals surface area contributed by atoms with E-state index >= 15 is 0 Å². The Kier molecular flexibility index (Phi) is 4.63. The van der Waals surface area contributed by atoms with Crippen molar-refractivity contribution in [2.24, 2.45) is 5.92 Å². The third kappa shape index (κ3) is 3.58. The van der Waals surface area contributed by atoms with Crippen LogP contribution in [0.3, 0.4) is 0 Å². The van der Waals surface area contributed by atoms with E-state index in [4.69, 9.17) is 14.0 Å². The second-order valence-electron chi connectivity index (χ2n) is 7.06. The van der Waals surface area contributed by atoms with Gasteiger partial charge in [0.05, 0.1) is 32.2 Å². The van der Waals surface area contributed by atoms with Gasteiger partial charge in [0, 0.05) is 19.0 Å². The molecule has 0 unspecified atom stereocenters. The number of benzene rings is 1. The monoisotopic (exact) mass is 357 g/mol. The lowest BCUT2D eigenvalue weighted by molar-refractivity contribution is -0.130. The highest BCUT2D eigenvalue weighted by atomic mass is 16.5. The molecule has 2 aliphatic heterocycles. The summed E-state index contributed by atoms with van der Waals surface area (Å²) in [5.74, 6) is 2.57. The zero-order chi connectivity index (χ0) is 18.1. The van der Waals surface area contributed by atoms with Gasteiger partial charge in [0.2, 0.25) is 11.8 Å². The summed E-state index contributed by atoms with van der Waals surface area (Å²) in [6, 6.07) is 7.66. The maximum atomic E-state index is 12.6. The lowest BCUT2D eigenvalue weighted by Crippen LogP contribution is -2.32. The van der Waals surface area contributed by atoms with Gasteiger partial charge in [-0.3, -0.25) is 4.79 Å². The maximum Gasteiger partial charge on any atom is 0.229 e. The van der Waals surface area contributed by atoms with Crippen molar-refractivity contribution in [2.45, 2.75) is 38.4 Å². The number of methoxy groups -OCH3 is 1. The molecule has 0 aliphatic carbocycles. The molecule has 2 aliphatic rings. The van der Waals surface area contributed by atoms with E-state index in [1.165, 1.54) is 0 Å². The number of carbonyl (C=O) groups is 1. The van der Waals surface area contributed by atoms with E-state index in [2.05, 4.69) is 10.1 Å². The molecular formula is C19H23N3O4. The van der Waals surface area contributed by atoms with Gasteiger partial charge in [-0.05, 0) is 31.0 Å². The Hall–Kier alpha value is -2.41. The smallest absolute Gasteiger partial charge is 0.229 e. The van der Waals surface area contributed by atoms with Gasteiger partial charge < -0.3 is 18.9 Å². The highest BCUT2D eigenvalue weighted by Crippen LogP contribution is 2.34. The summed E-state index contributed by atoms with van der Waals surface area (Å²) in [5.41, 5.74) is 0.969. The molecule has 0 spiro atoms. The van der Waals surface area contributed by atoms with Gasteiger partial charge in [-0.15, -0.1) is 0 Å². The van der Waals surface area contributed by atoms with Crippen LogP contribution in [0.1, 0.15) is 23.7 Å². The first-order valence-corrected chi connectivity index (χ1v) is 8.96. The first-order chi connectivity index (χ1) is 12.6. The van der Waals surface area contributed by atoms with Crippen LogP contribution in [-0.4, -0.2) is 53.4 Å². The zero-order valence-electron chi connectivity index (χ0n) is 15.1. The fourth-order valence-corrected chi connectivity index (χ4v) is 3.88. The average molecular weight is 357 g/mol. The van der Waals surface area contributed by atoms with Crippen LogP contribution in [0.2, 0.25) is 0 Å². The number of aromatic nitrogens is 2. The predicted molar refractivity (Wildman–Crippen MR) is 92.8 cm³/mol. The molecule has 0 radical (unpaired) electrons. The van der Waals surface area contributed by atoms with Crippen LogP contribution in [0.4, 0.5) is 0 Å². The van der Waals surface area contributed by atoms with E-state index in [1.54, 1.807) is 7.11 Å². The molecule has 0 saturated carbocycles. The van der Waals surface area contributed by atoms with Gasteiger partial charge in [-0.2, -0.15) is 4.98 Å². The zero-order valence-corrected chi connectivity index (χ0v) is 15.1. The van der Waals surface area contributed by atoms with E-state index in [9.17, 15) is 4.79 Å². The fraction of sp³-hybridized carbons (Fsp3) is 0.526. The van der Waals surface area contributed by atoms with Crippen molar-refractivity contribution in [1.82, 2.24) is 15.0 Å². The van der Waals surface area contributed by atoms with Crippen LogP contribution in [0.15, 0.2) is 28.8 Å². The molecule has 3 heterocycles. The molecule has 2 aromatic rings. The molecule has 2 fully saturated rings. The third-order valence-corrected chi connectivity index (χ3v) is 5.13. The van der Waals surface area contributed by atoms with E-state index in [0.717, 1.165) is 24.3 Å². The van der Waals surface area contributed by atoms with E-state index < -0.39 is 0 Å². The average Bonchev–Trinajstić information content (AvgIpc) is 3.30. The van der Waals surface area contributed by atoms with Gasteiger partial charge in [0.15, 0.2) is 5.82 Å². The number of aryl methyl sites for hydroxylation is 1. The highest BCUT2D eigenvalue weighted by Gasteiger charge is 2.43. The molecule has 7 nitrogen and oxygen atoms in total. The SMILES string of the molecule is COc1cccc(CC(=O)N2C[C@H]3C[C@@H](Cc4nc(C)no4)O[C@H]3C2)c1. The Bertz CT molecular complexity index is 777. The molecule has 0 N–H and O–H groups in total. The summed E-state index contributed by atoms with van der Waals surface area (Å²) < 4.78 is 16.5. The predicted octanol–water partition coefficient (Wildman–Crippen LogP) is 1.79. The number of nitrogens with zero attached hydrogens (tertiary/aromatic N) is 3. The van der Waals surface area contributed by atoms with Crippen molar-refractivity contribution in [1.29, 1.82) is 0 Å². The molecule has 1 aromatic heterocycles. The topological polar surface area (TPSA) is 77.7 Å². The molecule has 1 aromatic carbocycles. The first-order valence-electron chi connectivity index (χ1n) is 8.96. The summed E-state index contributed by atoms with van der Waals surface area (Å²) in [5, 5.41) is 3.81. The van der Waals surface area contributed by atoms with Gasteiger partial charge in [-0.1, -0.05) is 17.3 Å². The summed E-state index contributed by atoms with van der Waals surface area (Å²) >= 11 is 0. The maximum absolute atomic E-state index is 12.6. The number of ether oxygens (including phenoxy) is 2. The number of carbonyl (C=O) groups excluding carboxylic acids is 1. The molecule has 7 heteroatoms. The van der Waals surface area contributed by atoms with Crippen molar-refractivity contribution < 1.29 is 18.8 Å². The Morgan fingerprint density at radius 3 is 3.00 bits per heavy atom. The number of likely N-dealkylation sites (tertiary alicyclic amines) is 1. The summed E-state index contributed by atoms with van der Waals surface area (Å²) in [6.45, 7) is 3.22. The Labute approximate surface area is 152 Å². The van der Waals surface area contributed by atoms with Crippen molar-refractivity contribution in [2.75, 3.05) is 20.2 Å². The lowest BCUT2D eigenvalue weighted by atomic mass is 10.0. The Morgan fingerprint density at radius 2 is 2.27 bits per heavy atom. The molecular weight excluding hydrogens is 334 g/mol. The standard InChI is InChI=1S/C19H23N3O4/c1-12-20-18(26-21-12)9-16-8-14-10-22(11-17(14)25-16)19(23)7-13-4-3-5-15(6-13)24-2/h3-6,14,16-17H,7-11H2,1-2H3/t14-,16+,17+/m1/s1. The van der Waals surface area contributed by atoms with E-state index in [1.807, 2.05) is 36.1 Å². The van der Waals surface area contributed by atoms with Crippen LogP contribution in [0.5, 0.6) is 5.75 Å². The summed E-state index contributed by atoms with van der Waals surface area (Å²) in [7, 11) is 1.63. The van der Waals surface area contributed by atoms with Crippen LogP contribution < -0.4 is 4.74 Å². The summed E-state index contributed by atoms with van der Waals surface area (Å²) in [6.07, 6.45) is 2.17. The molecule has 26 heavy (non-hydrogen) atoms. The third-order valence-electron chi connectivity index (χ3n) is 5.13. The van der Waals surface area contributed by atoms with Crippen LogP contribution >= 0.6 is 0 Å². The second-order valence-corrected chi connectivity index (χ2v) is 7.06. The van der Waals surface area contributed by atoms with Crippen LogP contribution in [0, 0.1) is 12.8 Å². The minimum atomic E-state index is 0.0977. The number of rotatable bonds is 5. The van der Waals surface area contributed by atoms with Gasteiger partial charge in [-0.25, -0.2) is 0 Å². The fourth-order valence-electron chi connectivity index (χ4n) is 3.88. The molecule has 1 amide bonds. The first kappa shape index (κ1) is 17.0. The number of fused-ring (bicyclic) bond motifs is 1. The minimum absolute atomic E-state index is 0.0977. The quantitative estimate of drug-likeness (QED) is 0.812. The van der Waals surface area contributed by atoms with E-state index in [-0.39, 0.29) is 18.1 Å². The van der Waals surface area contributed by atoms with Crippen molar-refractivity contribution in [3.05, 3.63) is 41.5 Å². The highest BCUT2D eigenvalue weighted by molar-refractivity contribution is 5.79. The number of hydrogen-bond acceptors (Lipinski definition) is 6. The largest absolute Gasteiger partial charge is 0.497 e. The molecule has 138 valence electrons. The second kappa shape index (κ2) is 7.07. The molecule has 0 bridgehead atoms. The lowest BCUT2D eigenvalue weighted by Gasteiger charge is -2.19. The van der Waals surface area contributed by atoms with Gasteiger partial charge in [0.25, 0.3) is 0 Å². The summed E-state index contributed by atoms with van der Waals surface area (Å²) in [4.78, 5) is 18.8. The molecule has 3 atom stereocenters. The van der Waals surface area contributed by atoms with E-state index in [0.29, 0.717) is 37.0 Å². The minimum Gasteiger partial charge on any atom is -0.497 e. The Balaban J connectivity index is 1.30. The molecule has 2 saturated heterocycles. The number of amides is 1. The Morgan fingerprint density at radius 1 is 1.38 bits per heavy atom. The molecule has 4 rings (SSSR count). The van der Waals surface area contributed by atoms with Crippen molar-refractivity contribution in [3.63, 3.8) is 0 Å². The van der Waals surface area contributed by atoms with Crippen molar-refractivity contribution in [3.8, 4) is 5.75 Å². The number of hydrogen-bond donors (Lipinski definition) is 0. The van der Waals surface area contributed by atoms with Gasteiger partial charge in [0.1, 0.15) is 5.75 Å². The van der Waals surface area contributed by atoms with Crippen LogP contribution in [-0.2, 0) is 22.4 Å². The van der Waals surface area contributed by atoms with Gasteiger partial charge >= 0.3 is 0 Å². The van der Waals surface area contributed by atoms with Crippen molar-refractivity contribution >= 4 is 5.91 Å².